The summed E-state index contributed by atoms with van der Waals surface area (Å²) < 4.78 is 6.66. The van der Waals surface area contributed by atoms with Crippen molar-refractivity contribution in [1.29, 1.82) is 0 Å². The number of rotatable bonds is 3. The quantitative estimate of drug-likeness (QED) is 0.862. The van der Waals surface area contributed by atoms with Crippen LogP contribution < -0.4 is 10.1 Å². The van der Waals surface area contributed by atoms with Gasteiger partial charge >= 0.3 is 0 Å². The van der Waals surface area contributed by atoms with Crippen LogP contribution in [0.15, 0.2) is 32.7 Å². The van der Waals surface area contributed by atoms with Crippen molar-refractivity contribution in [2.75, 3.05) is 12.4 Å². The molecule has 7 heteroatoms. The number of halogens is 2. The molecule has 2 aromatic rings. The van der Waals surface area contributed by atoms with Gasteiger partial charge in [0.15, 0.2) is 5.13 Å². The van der Waals surface area contributed by atoms with E-state index in [0.29, 0.717) is 20.9 Å². The molecule has 0 atom stereocenters. The zero-order chi connectivity index (χ0) is 13.1. The van der Waals surface area contributed by atoms with Gasteiger partial charge in [-0.2, -0.15) is 0 Å². The second kappa shape index (κ2) is 5.81. The van der Waals surface area contributed by atoms with Crippen molar-refractivity contribution in [3.8, 4) is 5.75 Å². The summed E-state index contributed by atoms with van der Waals surface area (Å²) in [6.45, 7) is 0. The van der Waals surface area contributed by atoms with Crippen LogP contribution in [0, 0.1) is 0 Å². The van der Waals surface area contributed by atoms with E-state index >= 15 is 0 Å². The normalized spacial score (nSPS) is 10.2. The summed E-state index contributed by atoms with van der Waals surface area (Å²) in [6, 6.07) is 5.22. The van der Waals surface area contributed by atoms with Gasteiger partial charge in [0.1, 0.15) is 5.75 Å². The van der Waals surface area contributed by atoms with Crippen LogP contribution in [0.25, 0.3) is 0 Å². The lowest BCUT2D eigenvalue weighted by molar-refractivity contribution is 0.102. The first-order valence-electron chi connectivity index (χ1n) is 4.86. The Hall–Kier alpha value is -0.920. The summed E-state index contributed by atoms with van der Waals surface area (Å²) in [5.41, 5.74) is 0.501. The van der Waals surface area contributed by atoms with E-state index < -0.39 is 0 Å². The molecule has 1 aromatic heterocycles. The Morgan fingerprint density at radius 2 is 2.22 bits per heavy atom. The third kappa shape index (κ3) is 3.09. The van der Waals surface area contributed by atoms with Gasteiger partial charge in [-0.05, 0) is 50.1 Å². The number of carbonyl (C=O) groups is 1. The van der Waals surface area contributed by atoms with Crippen molar-refractivity contribution in [3.63, 3.8) is 0 Å². The molecule has 0 spiro atoms. The fraction of sp³-hybridized carbons (Fsp3) is 0.0909. The number of nitrogens with zero attached hydrogens (tertiary/aromatic N) is 1. The Labute approximate surface area is 125 Å². The molecule has 0 fully saturated rings. The van der Waals surface area contributed by atoms with E-state index in [1.165, 1.54) is 11.3 Å². The Balaban J connectivity index is 2.23. The molecule has 0 aliphatic heterocycles. The highest BCUT2D eigenvalue weighted by molar-refractivity contribution is 9.11. The van der Waals surface area contributed by atoms with Crippen LogP contribution in [0.1, 0.15) is 10.4 Å². The molecule has 0 unspecified atom stereocenters. The largest absolute Gasteiger partial charge is 0.497 e. The second-order valence-corrected chi connectivity index (χ2v) is 6.53. The van der Waals surface area contributed by atoms with Crippen LogP contribution in [-0.2, 0) is 0 Å². The summed E-state index contributed by atoms with van der Waals surface area (Å²) in [7, 11) is 1.56. The average molecular weight is 392 g/mol. The molecule has 94 valence electrons. The summed E-state index contributed by atoms with van der Waals surface area (Å²) >= 11 is 7.98. The molecule has 4 nitrogen and oxygen atoms in total. The number of carbonyl (C=O) groups excluding carboxylic acids is 1. The summed E-state index contributed by atoms with van der Waals surface area (Å²) in [5.74, 6) is 0.395. The van der Waals surface area contributed by atoms with Gasteiger partial charge in [0.25, 0.3) is 5.91 Å². The molecule has 0 saturated heterocycles. The number of hydrogen-bond acceptors (Lipinski definition) is 4. The van der Waals surface area contributed by atoms with Crippen LogP contribution >= 0.6 is 43.2 Å². The standard InChI is InChI=1S/C11H8Br2N2O2S/c1-17-6-2-3-8(12)7(4-6)10(16)15-11-14-5-9(13)18-11/h2-5H,1H3,(H,14,15,16). The molecule has 0 aliphatic carbocycles. The second-order valence-electron chi connectivity index (χ2n) is 3.27. The minimum absolute atomic E-state index is 0.234. The Morgan fingerprint density at radius 1 is 1.44 bits per heavy atom. The van der Waals surface area contributed by atoms with E-state index in [-0.39, 0.29) is 5.91 Å². The van der Waals surface area contributed by atoms with Crippen molar-refractivity contribution in [3.05, 3.63) is 38.2 Å². The fourth-order valence-corrected chi connectivity index (χ4v) is 2.81. The number of benzene rings is 1. The van der Waals surface area contributed by atoms with E-state index in [1.807, 2.05) is 0 Å². The van der Waals surface area contributed by atoms with Crippen molar-refractivity contribution < 1.29 is 9.53 Å². The SMILES string of the molecule is COc1ccc(Br)c(C(=O)Nc2ncc(Br)s2)c1. The number of hydrogen-bond donors (Lipinski definition) is 1. The van der Waals surface area contributed by atoms with Crippen molar-refractivity contribution in [2.45, 2.75) is 0 Å². The molecular weight excluding hydrogens is 384 g/mol. The van der Waals surface area contributed by atoms with Crippen LogP contribution in [-0.4, -0.2) is 18.0 Å². The maximum absolute atomic E-state index is 12.1. The molecule has 1 heterocycles. The van der Waals surface area contributed by atoms with Gasteiger partial charge < -0.3 is 4.74 Å². The van der Waals surface area contributed by atoms with Crippen molar-refractivity contribution in [1.82, 2.24) is 4.98 Å². The number of ether oxygens (including phenoxy) is 1. The maximum Gasteiger partial charge on any atom is 0.258 e. The van der Waals surface area contributed by atoms with Crippen LogP contribution in [0.5, 0.6) is 5.75 Å². The van der Waals surface area contributed by atoms with Gasteiger partial charge in [-0.25, -0.2) is 4.98 Å². The molecule has 0 saturated carbocycles. The predicted molar refractivity (Wildman–Crippen MR) is 78.5 cm³/mol. The molecule has 0 bridgehead atoms. The van der Waals surface area contributed by atoms with E-state index in [1.54, 1.807) is 31.5 Å². The molecule has 1 aromatic carbocycles. The van der Waals surface area contributed by atoms with E-state index in [2.05, 4.69) is 42.2 Å². The van der Waals surface area contributed by atoms with Gasteiger partial charge in [0.2, 0.25) is 0 Å². The average Bonchev–Trinajstić information content (AvgIpc) is 2.75. The van der Waals surface area contributed by atoms with Crippen LogP contribution in [0.2, 0.25) is 0 Å². The van der Waals surface area contributed by atoms with Crippen LogP contribution in [0.3, 0.4) is 0 Å². The number of amides is 1. The lowest BCUT2D eigenvalue weighted by Crippen LogP contribution is -2.12. The highest BCUT2D eigenvalue weighted by Gasteiger charge is 2.13. The highest BCUT2D eigenvalue weighted by Crippen LogP contribution is 2.26. The molecular formula is C11H8Br2N2O2S. The van der Waals surface area contributed by atoms with Gasteiger partial charge in [0, 0.05) is 4.47 Å². The van der Waals surface area contributed by atoms with Gasteiger partial charge in [0.05, 0.1) is 22.7 Å². The first kappa shape index (κ1) is 13.5. The number of thiazole rings is 1. The van der Waals surface area contributed by atoms with Gasteiger partial charge in [-0.15, -0.1) is 0 Å². The molecule has 1 amide bonds. The third-order valence-electron chi connectivity index (χ3n) is 2.12. The summed E-state index contributed by atoms with van der Waals surface area (Å²) in [4.78, 5) is 16.1. The zero-order valence-corrected chi connectivity index (χ0v) is 13.2. The molecule has 1 N–H and O–H groups in total. The van der Waals surface area contributed by atoms with Crippen molar-refractivity contribution >= 4 is 54.2 Å². The Kier molecular flexibility index (Phi) is 4.36. The lowest BCUT2D eigenvalue weighted by atomic mass is 10.2. The van der Waals surface area contributed by atoms with Crippen LogP contribution in [0.4, 0.5) is 5.13 Å². The number of anilines is 1. The Morgan fingerprint density at radius 3 is 2.83 bits per heavy atom. The summed E-state index contributed by atoms with van der Waals surface area (Å²) in [5, 5.41) is 3.27. The number of methoxy groups -OCH3 is 1. The van der Waals surface area contributed by atoms with E-state index in [4.69, 9.17) is 4.74 Å². The van der Waals surface area contributed by atoms with E-state index in [9.17, 15) is 4.79 Å². The highest BCUT2D eigenvalue weighted by atomic mass is 79.9. The number of nitrogens with one attached hydrogen (secondary N) is 1. The first-order chi connectivity index (χ1) is 8.60. The van der Waals surface area contributed by atoms with E-state index in [0.717, 1.165) is 3.79 Å². The molecule has 18 heavy (non-hydrogen) atoms. The smallest absolute Gasteiger partial charge is 0.258 e. The lowest BCUT2D eigenvalue weighted by Gasteiger charge is -2.06. The minimum Gasteiger partial charge on any atom is -0.497 e. The van der Waals surface area contributed by atoms with Gasteiger partial charge in [-0.1, -0.05) is 11.3 Å². The fourth-order valence-electron chi connectivity index (χ4n) is 1.28. The molecule has 0 aliphatic rings. The third-order valence-corrected chi connectivity index (χ3v) is 4.20. The van der Waals surface area contributed by atoms with Crippen molar-refractivity contribution in [2.24, 2.45) is 0 Å². The maximum atomic E-state index is 12.1. The zero-order valence-electron chi connectivity index (χ0n) is 9.24. The summed E-state index contributed by atoms with van der Waals surface area (Å²) in [6.07, 6.45) is 1.64. The predicted octanol–water partition coefficient (Wildman–Crippen LogP) is 3.93. The Bertz CT molecular complexity index is 586. The first-order valence-corrected chi connectivity index (χ1v) is 7.26. The van der Waals surface area contributed by atoms with Gasteiger partial charge in [-0.3, -0.25) is 10.1 Å². The monoisotopic (exact) mass is 390 g/mol. The number of aromatic nitrogens is 1. The topological polar surface area (TPSA) is 51.2 Å². The molecule has 0 radical (unpaired) electrons. The molecule has 2 rings (SSSR count). The minimum atomic E-state index is -0.234.